The van der Waals surface area contributed by atoms with Crippen molar-refractivity contribution in [2.24, 2.45) is 23.7 Å². The number of ether oxygens (including phenoxy) is 1. The average molecular weight is 266 g/mol. The van der Waals surface area contributed by atoms with Gasteiger partial charge in [0.05, 0.1) is 0 Å². The summed E-state index contributed by atoms with van der Waals surface area (Å²) in [4.78, 5) is 11.1. The van der Waals surface area contributed by atoms with Crippen molar-refractivity contribution in [3.05, 3.63) is 0 Å². The standard InChI is InChI=1S/C17H30O2/c1-12-7-9-15(10-8-12)13(2)11-16-5-4-6-17(16)19-14(3)18/h12-13,15-17H,4-11H2,1-3H3/t12?,13?,15?,16-,17-/m0/s1. The Bertz CT molecular complexity index is 292. The Hall–Kier alpha value is -0.530. The third-order valence-electron chi connectivity index (χ3n) is 5.45. The number of hydrogen-bond acceptors (Lipinski definition) is 2. The molecule has 0 N–H and O–H groups in total. The summed E-state index contributed by atoms with van der Waals surface area (Å²) in [5, 5.41) is 0. The van der Waals surface area contributed by atoms with Crippen LogP contribution in [0.1, 0.15) is 72.1 Å². The van der Waals surface area contributed by atoms with E-state index < -0.39 is 0 Å². The lowest BCUT2D eigenvalue weighted by Crippen LogP contribution is -2.26. The third-order valence-corrected chi connectivity index (χ3v) is 5.45. The van der Waals surface area contributed by atoms with Gasteiger partial charge in [-0.1, -0.05) is 26.7 Å². The van der Waals surface area contributed by atoms with Gasteiger partial charge in [0.1, 0.15) is 6.10 Å². The third kappa shape index (κ3) is 4.22. The molecule has 0 aromatic heterocycles. The van der Waals surface area contributed by atoms with E-state index in [1.807, 2.05) is 0 Å². The van der Waals surface area contributed by atoms with Crippen LogP contribution in [0, 0.1) is 23.7 Å². The fraction of sp³-hybridized carbons (Fsp3) is 0.941. The summed E-state index contributed by atoms with van der Waals surface area (Å²) in [6.07, 6.45) is 10.7. The molecule has 0 amide bonds. The van der Waals surface area contributed by atoms with Crippen molar-refractivity contribution in [1.29, 1.82) is 0 Å². The smallest absolute Gasteiger partial charge is 0.302 e. The van der Waals surface area contributed by atoms with Gasteiger partial charge in [-0.3, -0.25) is 4.79 Å². The molecule has 0 spiro atoms. The van der Waals surface area contributed by atoms with E-state index in [0.29, 0.717) is 5.92 Å². The van der Waals surface area contributed by atoms with Crippen molar-refractivity contribution in [2.45, 2.75) is 78.2 Å². The van der Waals surface area contributed by atoms with E-state index in [1.54, 1.807) is 6.92 Å². The van der Waals surface area contributed by atoms with Gasteiger partial charge in [-0.25, -0.2) is 0 Å². The Labute approximate surface area is 118 Å². The van der Waals surface area contributed by atoms with Gasteiger partial charge >= 0.3 is 5.97 Å². The van der Waals surface area contributed by atoms with Gasteiger partial charge in [-0.05, 0) is 62.2 Å². The van der Waals surface area contributed by atoms with Crippen LogP contribution in [0.25, 0.3) is 0 Å². The van der Waals surface area contributed by atoms with Gasteiger partial charge < -0.3 is 4.74 Å². The second kappa shape index (κ2) is 6.76. The predicted molar refractivity (Wildman–Crippen MR) is 77.8 cm³/mol. The molecule has 2 aliphatic rings. The quantitative estimate of drug-likeness (QED) is 0.697. The summed E-state index contributed by atoms with van der Waals surface area (Å²) in [7, 11) is 0. The molecule has 2 nitrogen and oxygen atoms in total. The molecule has 0 saturated heterocycles. The summed E-state index contributed by atoms with van der Waals surface area (Å²) >= 11 is 0. The molecule has 0 aromatic carbocycles. The van der Waals surface area contributed by atoms with E-state index in [0.717, 1.165) is 24.2 Å². The Kier molecular flexibility index (Phi) is 5.29. The minimum Gasteiger partial charge on any atom is -0.462 e. The van der Waals surface area contributed by atoms with Crippen molar-refractivity contribution in [3.8, 4) is 0 Å². The van der Waals surface area contributed by atoms with Crippen molar-refractivity contribution in [1.82, 2.24) is 0 Å². The van der Waals surface area contributed by atoms with E-state index >= 15 is 0 Å². The summed E-state index contributed by atoms with van der Waals surface area (Å²) < 4.78 is 5.49. The zero-order valence-corrected chi connectivity index (χ0v) is 12.9. The normalized spacial score (nSPS) is 37.0. The number of esters is 1. The first-order valence-electron chi connectivity index (χ1n) is 8.23. The topological polar surface area (TPSA) is 26.3 Å². The summed E-state index contributed by atoms with van der Waals surface area (Å²) in [6.45, 7) is 6.35. The maximum Gasteiger partial charge on any atom is 0.302 e. The molecule has 2 fully saturated rings. The Morgan fingerprint density at radius 1 is 1.16 bits per heavy atom. The SMILES string of the molecule is CC(=O)O[C@H]1CCC[C@H]1CC(C)C1CCC(C)CC1. The number of carbonyl (C=O) groups is 1. The highest BCUT2D eigenvalue weighted by atomic mass is 16.5. The molecule has 2 aliphatic carbocycles. The molecule has 0 bridgehead atoms. The van der Waals surface area contributed by atoms with Crippen molar-refractivity contribution >= 4 is 5.97 Å². The van der Waals surface area contributed by atoms with Crippen LogP contribution in [-0.2, 0) is 9.53 Å². The van der Waals surface area contributed by atoms with Gasteiger partial charge in [-0.2, -0.15) is 0 Å². The van der Waals surface area contributed by atoms with Gasteiger partial charge in [0, 0.05) is 6.92 Å². The fourth-order valence-electron chi connectivity index (χ4n) is 4.17. The molecule has 1 unspecified atom stereocenters. The second-order valence-electron chi connectivity index (χ2n) is 7.07. The van der Waals surface area contributed by atoms with Crippen LogP contribution in [-0.4, -0.2) is 12.1 Å². The summed E-state index contributed by atoms with van der Waals surface area (Å²) in [5.41, 5.74) is 0. The van der Waals surface area contributed by atoms with E-state index in [9.17, 15) is 4.79 Å². The van der Waals surface area contributed by atoms with Crippen LogP contribution in [0.2, 0.25) is 0 Å². The minimum atomic E-state index is -0.101. The second-order valence-corrected chi connectivity index (χ2v) is 7.07. The predicted octanol–water partition coefficient (Wildman–Crippen LogP) is 4.57. The highest BCUT2D eigenvalue weighted by Crippen LogP contribution is 2.39. The van der Waals surface area contributed by atoms with E-state index in [4.69, 9.17) is 4.74 Å². The molecule has 0 radical (unpaired) electrons. The van der Waals surface area contributed by atoms with E-state index in [1.165, 1.54) is 44.9 Å². The zero-order chi connectivity index (χ0) is 13.8. The van der Waals surface area contributed by atoms with Gasteiger partial charge in [0.25, 0.3) is 0 Å². The number of carbonyl (C=O) groups excluding carboxylic acids is 1. The van der Waals surface area contributed by atoms with Crippen LogP contribution < -0.4 is 0 Å². The van der Waals surface area contributed by atoms with Gasteiger partial charge in [0.15, 0.2) is 0 Å². The molecule has 0 heterocycles. The molecule has 2 saturated carbocycles. The fourth-order valence-corrected chi connectivity index (χ4v) is 4.17. The lowest BCUT2D eigenvalue weighted by Gasteiger charge is -2.33. The Balaban J connectivity index is 1.80. The van der Waals surface area contributed by atoms with Gasteiger partial charge in [-0.15, -0.1) is 0 Å². The Morgan fingerprint density at radius 2 is 1.84 bits per heavy atom. The maximum atomic E-state index is 11.1. The molecular formula is C17H30O2. The lowest BCUT2D eigenvalue weighted by molar-refractivity contribution is -0.148. The summed E-state index contributed by atoms with van der Waals surface area (Å²) in [5.74, 6) is 3.17. The van der Waals surface area contributed by atoms with Crippen LogP contribution in [0.3, 0.4) is 0 Å². The molecule has 19 heavy (non-hydrogen) atoms. The van der Waals surface area contributed by atoms with E-state index in [2.05, 4.69) is 13.8 Å². The largest absolute Gasteiger partial charge is 0.462 e. The molecular weight excluding hydrogens is 236 g/mol. The molecule has 0 aromatic rings. The number of hydrogen-bond donors (Lipinski definition) is 0. The van der Waals surface area contributed by atoms with Gasteiger partial charge in [0.2, 0.25) is 0 Å². The molecule has 0 aliphatic heterocycles. The first-order chi connectivity index (χ1) is 9.06. The maximum absolute atomic E-state index is 11.1. The van der Waals surface area contributed by atoms with Crippen LogP contribution >= 0.6 is 0 Å². The van der Waals surface area contributed by atoms with Crippen LogP contribution in [0.4, 0.5) is 0 Å². The lowest BCUT2D eigenvalue weighted by atomic mass is 9.74. The monoisotopic (exact) mass is 266 g/mol. The van der Waals surface area contributed by atoms with Crippen molar-refractivity contribution < 1.29 is 9.53 Å². The van der Waals surface area contributed by atoms with E-state index in [-0.39, 0.29) is 12.1 Å². The van der Waals surface area contributed by atoms with Crippen molar-refractivity contribution in [2.75, 3.05) is 0 Å². The highest BCUT2D eigenvalue weighted by molar-refractivity contribution is 5.66. The molecule has 110 valence electrons. The minimum absolute atomic E-state index is 0.101. The zero-order valence-electron chi connectivity index (χ0n) is 12.9. The summed E-state index contributed by atoms with van der Waals surface area (Å²) in [6, 6.07) is 0. The Morgan fingerprint density at radius 3 is 2.47 bits per heavy atom. The first kappa shape index (κ1) is 14.9. The number of rotatable bonds is 4. The van der Waals surface area contributed by atoms with Crippen molar-refractivity contribution in [3.63, 3.8) is 0 Å². The van der Waals surface area contributed by atoms with Crippen LogP contribution in [0.15, 0.2) is 0 Å². The first-order valence-corrected chi connectivity index (χ1v) is 8.23. The molecule has 2 heteroatoms. The highest BCUT2D eigenvalue weighted by Gasteiger charge is 2.33. The average Bonchev–Trinajstić information content (AvgIpc) is 2.76. The van der Waals surface area contributed by atoms with Crippen LogP contribution in [0.5, 0.6) is 0 Å². The molecule has 3 atom stereocenters. The molecule has 2 rings (SSSR count).